The molecule has 6 nitrogen and oxygen atoms in total. The van der Waals surface area contributed by atoms with Gasteiger partial charge in [-0.3, -0.25) is 9.59 Å². The van der Waals surface area contributed by atoms with E-state index >= 15 is 0 Å². The maximum absolute atomic E-state index is 12.2. The second kappa shape index (κ2) is 7.94. The summed E-state index contributed by atoms with van der Waals surface area (Å²) in [6, 6.07) is 5.25. The Labute approximate surface area is 137 Å². The van der Waals surface area contributed by atoms with Gasteiger partial charge in [-0.2, -0.15) is 0 Å². The Kier molecular flexibility index (Phi) is 5.96. The zero-order chi connectivity index (χ0) is 16.8. The first kappa shape index (κ1) is 17.2. The Morgan fingerprint density at radius 3 is 2.83 bits per heavy atom. The number of primary amides is 1. The van der Waals surface area contributed by atoms with E-state index in [2.05, 4.69) is 11.9 Å². The molecule has 0 spiro atoms. The van der Waals surface area contributed by atoms with Gasteiger partial charge in [-0.1, -0.05) is 19.4 Å². The maximum Gasteiger partial charge on any atom is 0.240 e. The van der Waals surface area contributed by atoms with Crippen LogP contribution >= 0.6 is 0 Å². The smallest absolute Gasteiger partial charge is 0.240 e. The summed E-state index contributed by atoms with van der Waals surface area (Å²) < 4.78 is 0. The number of hydrogen-bond acceptors (Lipinski definition) is 4. The number of carbonyl (C=O) groups is 2. The van der Waals surface area contributed by atoms with Crippen molar-refractivity contribution in [2.45, 2.75) is 51.1 Å². The standard InChI is InChI=1S/C17H26N4O2/c1-3-4-8-16(22)20(2)13-9-11-21(14(12-13)17(18)23)15-7-5-6-10-19-15/h5-7,10,13-14H,3-4,8-9,11-12H2,1-2H3,(H2,18,23). The Morgan fingerprint density at radius 1 is 1.43 bits per heavy atom. The molecule has 2 unspecified atom stereocenters. The first-order valence-corrected chi connectivity index (χ1v) is 8.27. The van der Waals surface area contributed by atoms with E-state index in [0.717, 1.165) is 25.1 Å². The van der Waals surface area contributed by atoms with E-state index < -0.39 is 6.04 Å². The van der Waals surface area contributed by atoms with Crippen LogP contribution in [0.15, 0.2) is 24.4 Å². The lowest BCUT2D eigenvalue weighted by atomic mass is 9.95. The summed E-state index contributed by atoms with van der Waals surface area (Å²) >= 11 is 0. The van der Waals surface area contributed by atoms with Crippen molar-refractivity contribution in [2.24, 2.45) is 5.73 Å². The largest absolute Gasteiger partial charge is 0.368 e. The molecule has 0 aromatic carbocycles. The van der Waals surface area contributed by atoms with Crippen LogP contribution in [-0.4, -0.2) is 47.4 Å². The minimum atomic E-state index is -0.426. The molecule has 2 atom stereocenters. The quantitative estimate of drug-likeness (QED) is 0.863. The minimum Gasteiger partial charge on any atom is -0.368 e. The molecule has 0 radical (unpaired) electrons. The number of pyridine rings is 1. The van der Waals surface area contributed by atoms with Gasteiger partial charge in [-0.05, 0) is 31.4 Å². The summed E-state index contributed by atoms with van der Waals surface area (Å²) in [5, 5.41) is 0. The average molecular weight is 318 g/mol. The fourth-order valence-corrected chi connectivity index (χ4v) is 3.07. The van der Waals surface area contributed by atoms with Gasteiger partial charge in [0.05, 0.1) is 0 Å². The highest BCUT2D eigenvalue weighted by Crippen LogP contribution is 2.26. The van der Waals surface area contributed by atoms with Crippen LogP contribution in [0.25, 0.3) is 0 Å². The van der Waals surface area contributed by atoms with E-state index in [1.807, 2.05) is 30.1 Å². The Balaban J connectivity index is 2.07. The van der Waals surface area contributed by atoms with Crippen LogP contribution in [0.2, 0.25) is 0 Å². The predicted molar refractivity (Wildman–Crippen MR) is 89.9 cm³/mol. The number of anilines is 1. The summed E-state index contributed by atoms with van der Waals surface area (Å²) in [5.74, 6) is 0.538. The predicted octanol–water partition coefficient (Wildman–Crippen LogP) is 1.55. The van der Waals surface area contributed by atoms with Gasteiger partial charge >= 0.3 is 0 Å². The Bertz CT molecular complexity index is 535. The lowest BCUT2D eigenvalue weighted by molar-refractivity contribution is -0.133. The van der Waals surface area contributed by atoms with E-state index in [1.54, 1.807) is 11.1 Å². The molecule has 1 aromatic rings. The number of rotatable bonds is 6. The molecule has 1 saturated heterocycles. The first-order chi connectivity index (χ1) is 11.0. The molecule has 1 aliphatic heterocycles. The lowest BCUT2D eigenvalue weighted by Crippen LogP contribution is -2.55. The van der Waals surface area contributed by atoms with Crippen LogP contribution in [0.5, 0.6) is 0 Å². The van der Waals surface area contributed by atoms with Crippen LogP contribution in [-0.2, 0) is 9.59 Å². The Morgan fingerprint density at radius 2 is 2.22 bits per heavy atom. The van der Waals surface area contributed by atoms with Crippen LogP contribution in [0.4, 0.5) is 5.82 Å². The van der Waals surface area contributed by atoms with Gasteiger partial charge in [0.2, 0.25) is 11.8 Å². The third kappa shape index (κ3) is 4.21. The van der Waals surface area contributed by atoms with E-state index in [0.29, 0.717) is 19.4 Å². The van der Waals surface area contributed by atoms with E-state index in [-0.39, 0.29) is 17.9 Å². The number of nitrogens with two attached hydrogens (primary N) is 1. The Hall–Kier alpha value is -2.11. The number of unbranched alkanes of at least 4 members (excludes halogenated alkanes) is 1. The molecule has 0 aliphatic carbocycles. The van der Waals surface area contributed by atoms with Crippen LogP contribution in [0, 0.1) is 0 Å². The molecule has 6 heteroatoms. The number of hydrogen-bond donors (Lipinski definition) is 1. The summed E-state index contributed by atoms with van der Waals surface area (Å²) in [6.45, 7) is 2.74. The molecular weight excluding hydrogens is 292 g/mol. The summed E-state index contributed by atoms with van der Waals surface area (Å²) in [6.07, 6.45) is 5.54. The van der Waals surface area contributed by atoms with Gasteiger partial charge in [-0.25, -0.2) is 4.98 Å². The number of nitrogens with zero attached hydrogens (tertiary/aromatic N) is 3. The van der Waals surface area contributed by atoms with Crippen LogP contribution < -0.4 is 10.6 Å². The van der Waals surface area contributed by atoms with Crippen molar-refractivity contribution in [3.05, 3.63) is 24.4 Å². The molecule has 126 valence electrons. The monoisotopic (exact) mass is 318 g/mol. The van der Waals surface area contributed by atoms with Crippen LogP contribution in [0.3, 0.4) is 0 Å². The third-order valence-corrected chi connectivity index (χ3v) is 4.53. The van der Waals surface area contributed by atoms with E-state index in [1.165, 1.54) is 0 Å². The molecule has 1 aromatic heterocycles. The molecule has 1 fully saturated rings. The fraction of sp³-hybridized carbons (Fsp3) is 0.588. The van der Waals surface area contributed by atoms with Crippen molar-refractivity contribution in [3.8, 4) is 0 Å². The zero-order valence-electron chi connectivity index (χ0n) is 13.9. The van der Waals surface area contributed by atoms with Crippen LogP contribution in [0.1, 0.15) is 39.0 Å². The highest BCUT2D eigenvalue weighted by atomic mass is 16.2. The van der Waals surface area contributed by atoms with Gasteiger partial charge < -0.3 is 15.5 Å². The molecule has 2 N–H and O–H groups in total. The van der Waals surface area contributed by atoms with Crippen molar-refractivity contribution in [1.29, 1.82) is 0 Å². The number of carbonyl (C=O) groups excluding carboxylic acids is 2. The number of aromatic nitrogens is 1. The molecule has 0 bridgehead atoms. The van der Waals surface area contributed by atoms with Crippen molar-refractivity contribution in [1.82, 2.24) is 9.88 Å². The topological polar surface area (TPSA) is 79.5 Å². The van der Waals surface area contributed by atoms with Gasteiger partial charge in [0, 0.05) is 32.3 Å². The zero-order valence-corrected chi connectivity index (χ0v) is 13.9. The highest BCUT2D eigenvalue weighted by Gasteiger charge is 2.35. The van der Waals surface area contributed by atoms with Gasteiger partial charge in [-0.15, -0.1) is 0 Å². The normalized spacial score (nSPS) is 21.0. The molecule has 2 heterocycles. The number of amides is 2. The lowest BCUT2D eigenvalue weighted by Gasteiger charge is -2.41. The molecular formula is C17H26N4O2. The van der Waals surface area contributed by atoms with Crippen molar-refractivity contribution < 1.29 is 9.59 Å². The van der Waals surface area contributed by atoms with Gasteiger partial charge in [0.1, 0.15) is 11.9 Å². The molecule has 2 amide bonds. The number of piperidine rings is 1. The van der Waals surface area contributed by atoms with Gasteiger partial charge in [0.15, 0.2) is 0 Å². The van der Waals surface area contributed by atoms with Gasteiger partial charge in [0.25, 0.3) is 0 Å². The third-order valence-electron chi connectivity index (χ3n) is 4.53. The van der Waals surface area contributed by atoms with Crippen molar-refractivity contribution >= 4 is 17.6 Å². The molecule has 2 rings (SSSR count). The van der Waals surface area contributed by atoms with Crippen molar-refractivity contribution in [3.63, 3.8) is 0 Å². The van der Waals surface area contributed by atoms with E-state index in [9.17, 15) is 9.59 Å². The SMILES string of the molecule is CCCCC(=O)N(C)C1CCN(c2ccccn2)C(C(N)=O)C1. The molecule has 1 aliphatic rings. The maximum atomic E-state index is 12.2. The highest BCUT2D eigenvalue weighted by molar-refractivity contribution is 5.84. The van der Waals surface area contributed by atoms with Crippen molar-refractivity contribution in [2.75, 3.05) is 18.5 Å². The average Bonchev–Trinajstić information content (AvgIpc) is 2.59. The minimum absolute atomic E-state index is 0.0526. The van der Waals surface area contributed by atoms with E-state index in [4.69, 9.17) is 5.73 Å². The fourth-order valence-electron chi connectivity index (χ4n) is 3.07. The second-order valence-electron chi connectivity index (χ2n) is 6.09. The molecule has 0 saturated carbocycles. The molecule has 23 heavy (non-hydrogen) atoms. The summed E-state index contributed by atoms with van der Waals surface area (Å²) in [7, 11) is 1.83. The second-order valence-corrected chi connectivity index (χ2v) is 6.09. The summed E-state index contributed by atoms with van der Waals surface area (Å²) in [4.78, 5) is 32.2. The summed E-state index contributed by atoms with van der Waals surface area (Å²) in [5.41, 5.74) is 5.60. The first-order valence-electron chi connectivity index (χ1n) is 8.27.